The van der Waals surface area contributed by atoms with Crippen LogP contribution in [0.4, 0.5) is 5.69 Å². The highest BCUT2D eigenvalue weighted by Crippen LogP contribution is 2.34. The van der Waals surface area contributed by atoms with Gasteiger partial charge in [-0.1, -0.05) is 23.7 Å². The Morgan fingerprint density at radius 1 is 1.29 bits per heavy atom. The molecule has 1 atom stereocenters. The third-order valence-corrected chi connectivity index (χ3v) is 3.98. The Hall–Kier alpha value is -2.04. The molecule has 0 bridgehead atoms. The highest BCUT2D eigenvalue weighted by atomic mass is 35.5. The van der Waals surface area contributed by atoms with Gasteiger partial charge in [0.25, 0.3) is 0 Å². The van der Waals surface area contributed by atoms with Crippen molar-refractivity contribution in [3.8, 4) is 5.75 Å². The standard InChI is InChI=1S/C16H15ClN2O2/c1-21-11-4-2-9(3-5-11)16(18)12-6-10-7-15(20)19-14(10)8-13(12)17/h2-6,8,16H,7,18H2,1H3,(H,19,20). The molecule has 3 rings (SSSR count). The second-order valence-electron chi connectivity index (χ2n) is 5.01. The summed E-state index contributed by atoms with van der Waals surface area (Å²) in [4.78, 5) is 11.4. The predicted octanol–water partition coefficient (Wildman–Crippen LogP) is 2.89. The van der Waals surface area contributed by atoms with Crippen LogP contribution in [-0.4, -0.2) is 13.0 Å². The van der Waals surface area contributed by atoms with Crippen LogP contribution in [0, 0.1) is 0 Å². The van der Waals surface area contributed by atoms with E-state index in [1.807, 2.05) is 30.3 Å². The van der Waals surface area contributed by atoms with E-state index in [-0.39, 0.29) is 11.9 Å². The van der Waals surface area contributed by atoms with Gasteiger partial charge in [-0.3, -0.25) is 4.79 Å². The summed E-state index contributed by atoms with van der Waals surface area (Å²) >= 11 is 6.30. The molecule has 2 aromatic carbocycles. The number of halogens is 1. The molecule has 1 aliphatic rings. The summed E-state index contributed by atoms with van der Waals surface area (Å²) in [5.74, 6) is 0.761. The summed E-state index contributed by atoms with van der Waals surface area (Å²) < 4.78 is 5.14. The van der Waals surface area contributed by atoms with E-state index in [0.29, 0.717) is 11.4 Å². The van der Waals surface area contributed by atoms with Gasteiger partial charge in [0.15, 0.2) is 0 Å². The van der Waals surface area contributed by atoms with Crippen molar-refractivity contribution in [1.82, 2.24) is 0 Å². The highest BCUT2D eigenvalue weighted by molar-refractivity contribution is 6.32. The molecule has 5 heteroatoms. The molecule has 4 nitrogen and oxygen atoms in total. The van der Waals surface area contributed by atoms with E-state index in [4.69, 9.17) is 22.1 Å². The molecule has 3 N–H and O–H groups in total. The van der Waals surface area contributed by atoms with Crippen molar-refractivity contribution in [2.75, 3.05) is 12.4 Å². The molecule has 0 aliphatic carbocycles. The third kappa shape index (κ3) is 2.60. The van der Waals surface area contributed by atoms with Gasteiger partial charge in [-0.15, -0.1) is 0 Å². The van der Waals surface area contributed by atoms with Gasteiger partial charge in [-0.05, 0) is 41.0 Å². The van der Waals surface area contributed by atoms with Crippen molar-refractivity contribution >= 4 is 23.2 Å². The van der Waals surface area contributed by atoms with Crippen LogP contribution in [0.25, 0.3) is 0 Å². The van der Waals surface area contributed by atoms with E-state index in [1.165, 1.54) is 0 Å². The number of hydrogen-bond donors (Lipinski definition) is 2. The minimum atomic E-state index is -0.343. The zero-order valence-corrected chi connectivity index (χ0v) is 12.3. The molecule has 108 valence electrons. The van der Waals surface area contributed by atoms with Gasteiger partial charge in [0, 0.05) is 10.7 Å². The van der Waals surface area contributed by atoms with Crippen LogP contribution in [0.1, 0.15) is 22.7 Å². The average Bonchev–Trinajstić information content (AvgIpc) is 2.85. The van der Waals surface area contributed by atoms with Crippen molar-refractivity contribution < 1.29 is 9.53 Å². The van der Waals surface area contributed by atoms with E-state index in [0.717, 1.165) is 28.1 Å². The van der Waals surface area contributed by atoms with Gasteiger partial charge in [-0.2, -0.15) is 0 Å². The zero-order chi connectivity index (χ0) is 15.0. The first-order valence-electron chi connectivity index (χ1n) is 6.60. The van der Waals surface area contributed by atoms with Gasteiger partial charge < -0.3 is 15.8 Å². The van der Waals surface area contributed by atoms with Crippen molar-refractivity contribution in [2.45, 2.75) is 12.5 Å². The third-order valence-electron chi connectivity index (χ3n) is 3.66. The van der Waals surface area contributed by atoms with Crippen LogP contribution in [0.5, 0.6) is 5.75 Å². The largest absolute Gasteiger partial charge is 0.497 e. The summed E-state index contributed by atoms with van der Waals surface area (Å²) in [6.07, 6.45) is 0.370. The van der Waals surface area contributed by atoms with Crippen LogP contribution < -0.4 is 15.8 Å². The molecule has 2 aromatic rings. The number of nitrogens with one attached hydrogen (secondary N) is 1. The number of amides is 1. The van der Waals surface area contributed by atoms with Crippen LogP contribution in [0.3, 0.4) is 0 Å². The van der Waals surface area contributed by atoms with E-state index in [1.54, 1.807) is 13.2 Å². The number of carbonyl (C=O) groups excluding carboxylic acids is 1. The second kappa shape index (κ2) is 5.39. The van der Waals surface area contributed by atoms with Crippen molar-refractivity contribution in [3.63, 3.8) is 0 Å². The molecule has 0 aromatic heterocycles. The molecule has 1 aliphatic heterocycles. The van der Waals surface area contributed by atoms with Crippen LogP contribution in [0.15, 0.2) is 36.4 Å². The van der Waals surface area contributed by atoms with Crippen molar-refractivity contribution in [1.29, 1.82) is 0 Å². The number of carbonyl (C=O) groups is 1. The number of rotatable bonds is 3. The molecule has 1 heterocycles. The highest BCUT2D eigenvalue weighted by Gasteiger charge is 2.22. The van der Waals surface area contributed by atoms with Crippen LogP contribution in [-0.2, 0) is 11.2 Å². The van der Waals surface area contributed by atoms with Gasteiger partial charge in [-0.25, -0.2) is 0 Å². The molecule has 0 fully saturated rings. The second-order valence-corrected chi connectivity index (χ2v) is 5.41. The Kier molecular flexibility index (Phi) is 3.57. The maximum atomic E-state index is 11.4. The fourth-order valence-corrected chi connectivity index (χ4v) is 2.78. The number of methoxy groups -OCH3 is 1. The van der Waals surface area contributed by atoms with Crippen molar-refractivity contribution in [3.05, 3.63) is 58.1 Å². The summed E-state index contributed by atoms with van der Waals surface area (Å²) in [6.45, 7) is 0. The van der Waals surface area contributed by atoms with Gasteiger partial charge in [0.1, 0.15) is 5.75 Å². The molecular formula is C16H15ClN2O2. The smallest absolute Gasteiger partial charge is 0.228 e. The molecule has 1 unspecified atom stereocenters. The van der Waals surface area contributed by atoms with Gasteiger partial charge in [0.2, 0.25) is 5.91 Å². The van der Waals surface area contributed by atoms with E-state index >= 15 is 0 Å². The molecule has 21 heavy (non-hydrogen) atoms. The lowest BCUT2D eigenvalue weighted by molar-refractivity contribution is -0.115. The minimum absolute atomic E-state index is 0.0174. The summed E-state index contributed by atoms with van der Waals surface area (Å²) in [5.41, 5.74) is 9.77. The Labute approximate surface area is 127 Å². The Bertz CT molecular complexity index is 698. The SMILES string of the molecule is COc1ccc(C(N)c2cc3c(cc2Cl)NC(=O)C3)cc1. The topological polar surface area (TPSA) is 64.3 Å². The van der Waals surface area contributed by atoms with Crippen LogP contribution >= 0.6 is 11.6 Å². The first-order valence-corrected chi connectivity index (χ1v) is 6.98. The maximum Gasteiger partial charge on any atom is 0.228 e. The number of ether oxygens (including phenoxy) is 1. The molecule has 1 amide bonds. The Morgan fingerprint density at radius 3 is 2.67 bits per heavy atom. The number of fused-ring (bicyclic) bond motifs is 1. The minimum Gasteiger partial charge on any atom is -0.497 e. The summed E-state index contributed by atoms with van der Waals surface area (Å²) in [5, 5.41) is 3.33. The van der Waals surface area contributed by atoms with Crippen molar-refractivity contribution in [2.24, 2.45) is 5.73 Å². The lowest BCUT2D eigenvalue weighted by Crippen LogP contribution is -2.12. The number of nitrogens with two attached hydrogens (primary N) is 1. The quantitative estimate of drug-likeness (QED) is 0.916. The molecule has 0 saturated heterocycles. The Morgan fingerprint density at radius 2 is 2.00 bits per heavy atom. The van der Waals surface area contributed by atoms with E-state index < -0.39 is 0 Å². The number of hydrogen-bond acceptors (Lipinski definition) is 3. The molecule has 0 saturated carbocycles. The fraction of sp³-hybridized carbons (Fsp3) is 0.188. The van der Waals surface area contributed by atoms with E-state index in [9.17, 15) is 4.79 Å². The lowest BCUT2D eigenvalue weighted by Gasteiger charge is -2.16. The van der Waals surface area contributed by atoms with Gasteiger partial charge >= 0.3 is 0 Å². The molecular weight excluding hydrogens is 288 g/mol. The zero-order valence-electron chi connectivity index (χ0n) is 11.5. The van der Waals surface area contributed by atoms with Gasteiger partial charge in [0.05, 0.1) is 19.6 Å². The van der Waals surface area contributed by atoms with E-state index in [2.05, 4.69) is 5.32 Å². The van der Waals surface area contributed by atoms with Crippen LogP contribution in [0.2, 0.25) is 5.02 Å². The number of benzene rings is 2. The Balaban J connectivity index is 1.96. The first kappa shape index (κ1) is 13.9. The monoisotopic (exact) mass is 302 g/mol. The lowest BCUT2D eigenvalue weighted by atomic mass is 9.97. The summed E-state index contributed by atoms with van der Waals surface area (Å²) in [7, 11) is 1.62. The molecule has 0 spiro atoms. The average molecular weight is 303 g/mol. The number of anilines is 1. The maximum absolute atomic E-state index is 11.4. The summed E-state index contributed by atoms with van der Waals surface area (Å²) in [6, 6.07) is 10.9. The normalized spacial score (nSPS) is 14.5. The predicted molar refractivity (Wildman–Crippen MR) is 82.8 cm³/mol. The first-order chi connectivity index (χ1) is 10.1. The molecule has 0 radical (unpaired) electrons. The fourth-order valence-electron chi connectivity index (χ4n) is 2.50.